The molecule has 1 aliphatic rings. The molecule has 0 atom stereocenters. The summed E-state index contributed by atoms with van der Waals surface area (Å²) < 4.78 is 0. The third-order valence-corrected chi connectivity index (χ3v) is 3.36. The van der Waals surface area contributed by atoms with Crippen LogP contribution in [0.5, 0.6) is 0 Å². The Hall–Kier alpha value is -2.04. The van der Waals surface area contributed by atoms with Crippen molar-refractivity contribution in [2.24, 2.45) is 0 Å². The predicted octanol–water partition coefficient (Wildman–Crippen LogP) is 2.45. The second-order valence-corrected chi connectivity index (χ2v) is 4.92. The van der Waals surface area contributed by atoms with Crippen molar-refractivity contribution in [2.45, 2.75) is 26.2 Å². The predicted molar refractivity (Wildman–Crippen MR) is 78.9 cm³/mol. The van der Waals surface area contributed by atoms with Gasteiger partial charge in [-0.1, -0.05) is 6.07 Å². The van der Waals surface area contributed by atoms with Crippen LogP contribution >= 0.6 is 0 Å². The second-order valence-electron chi connectivity index (χ2n) is 4.92. The van der Waals surface area contributed by atoms with Crippen LogP contribution in [-0.2, 0) is 0 Å². The first kappa shape index (κ1) is 14.4. The summed E-state index contributed by atoms with van der Waals surface area (Å²) in [5.74, 6) is -0.124. The lowest BCUT2D eigenvalue weighted by Crippen LogP contribution is -2.38. The molecule has 2 rings (SSSR count). The number of piperidine rings is 1. The zero-order chi connectivity index (χ0) is 14.4. The Morgan fingerprint density at radius 2 is 1.95 bits per heavy atom. The van der Waals surface area contributed by atoms with Gasteiger partial charge in [-0.05, 0) is 44.4 Å². The number of rotatable bonds is 3. The molecule has 1 aromatic carbocycles. The molecule has 1 saturated heterocycles. The first-order valence-electron chi connectivity index (χ1n) is 7.15. The van der Waals surface area contributed by atoms with Crippen LogP contribution < -0.4 is 10.6 Å². The minimum atomic E-state index is -0.124. The number of nitrogens with zero attached hydrogens (tertiary/aromatic N) is 1. The maximum Gasteiger partial charge on any atom is 0.321 e. The van der Waals surface area contributed by atoms with Gasteiger partial charge in [-0.3, -0.25) is 4.79 Å². The van der Waals surface area contributed by atoms with Crippen LogP contribution in [-0.4, -0.2) is 36.5 Å². The molecule has 108 valence electrons. The van der Waals surface area contributed by atoms with Gasteiger partial charge < -0.3 is 15.5 Å². The number of carbonyl (C=O) groups excluding carboxylic acids is 2. The molecule has 1 heterocycles. The first-order chi connectivity index (χ1) is 9.70. The summed E-state index contributed by atoms with van der Waals surface area (Å²) in [7, 11) is 0. The number of anilines is 1. The molecular weight excluding hydrogens is 254 g/mol. The fourth-order valence-corrected chi connectivity index (χ4v) is 2.30. The van der Waals surface area contributed by atoms with E-state index >= 15 is 0 Å². The van der Waals surface area contributed by atoms with Gasteiger partial charge in [0.05, 0.1) is 0 Å². The van der Waals surface area contributed by atoms with E-state index in [1.54, 1.807) is 24.3 Å². The Kier molecular flexibility index (Phi) is 4.98. The molecular formula is C15H21N3O2. The van der Waals surface area contributed by atoms with E-state index < -0.39 is 0 Å². The molecule has 0 spiro atoms. The number of amides is 3. The molecule has 20 heavy (non-hydrogen) atoms. The average molecular weight is 275 g/mol. The summed E-state index contributed by atoms with van der Waals surface area (Å²) in [6.45, 7) is 4.08. The highest BCUT2D eigenvalue weighted by atomic mass is 16.2. The third kappa shape index (κ3) is 3.73. The Balaban J connectivity index is 2.00. The van der Waals surface area contributed by atoms with Crippen LogP contribution in [0.2, 0.25) is 0 Å². The van der Waals surface area contributed by atoms with Crippen LogP contribution in [0.4, 0.5) is 10.5 Å². The number of benzene rings is 1. The first-order valence-corrected chi connectivity index (χ1v) is 7.15. The average Bonchev–Trinajstić information content (AvgIpc) is 2.48. The molecule has 5 heteroatoms. The summed E-state index contributed by atoms with van der Waals surface area (Å²) in [6.07, 6.45) is 3.31. The number of hydrogen-bond donors (Lipinski definition) is 2. The molecule has 0 radical (unpaired) electrons. The summed E-state index contributed by atoms with van der Waals surface area (Å²) in [6, 6.07) is 6.92. The van der Waals surface area contributed by atoms with E-state index in [0.29, 0.717) is 17.8 Å². The van der Waals surface area contributed by atoms with Crippen LogP contribution in [0.1, 0.15) is 36.5 Å². The van der Waals surface area contributed by atoms with Gasteiger partial charge in [0.25, 0.3) is 5.91 Å². The van der Waals surface area contributed by atoms with Gasteiger partial charge in [0.15, 0.2) is 0 Å². The smallest absolute Gasteiger partial charge is 0.321 e. The standard InChI is InChI=1S/C15H21N3O2/c1-2-16-14(19)12-7-6-8-13(11-12)17-15(20)18-9-4-3-5-10-18/h6-8,11H,2-5,9-10H2,1H3,(H,16,19)(H,17,20). The SMILES string of the molecule is CCNC(=O)c1cccc(NC(=O)N2CCCCC2)c1. The molecule has 1 fully saturated rings. The van der Waals surface area contributed by atoms with E-state index in [9.17, 15) is 9.59 Å². The van der Waals surface area contributed by atoms with Crippen LogP contribution in [0.25, 0.3) is 0 Å². The van der Waals surface area contributed by atoms with Crippen molar-refractivity contribution < 1.29 is 9.59 Å². The fourth-order valence-electron chi connectivity index (χ4n) is 2.30. The molecule has 2 N–H and O–H groups in total. The molecule has 0 aliphatic carbocycles. The Morgan fingerprint density at radius 3 is 2.65 bits per heavy atom. The Labute approximate surface area is 119 Å². The lowest BCUT2D eigenvalue weighted by molar-refractivity contribution is 0.0956. The molecule has 0 saturated carbocycles. The molecule has 5 nitrogen and oxygen atoms in total. The van der Waals surface area contributed by atoms with Crippen LogP contribution in [0, 0.1) is 0 Å². The minimum absolute atomic E-state index is 0.0854. The van der Waals surface area contributed by atoms with Crippen molar-refractivity contribution in [1.29, 1.82) is 0 Å². The molecule has 0 unspecified atom stereocenters. The maximum absolute atomic E-state index is 12.1. The zero-order valence-electron chi connectivity index (χ0n) is 11.8. The summed E-state index contributed by atoms with van der Waals surface area (Å²) >= 11 is 0. The number of likely N-dealkylation sites (tertiary alicyclic amines) is 1. The van der Waals surface area contributed by atoms with E-state index in [2.05, 4.69) is 10.6 Å². The van der Waals surface area contributed by atoms with Crippen LogP contribution in [0.15, 0.2) is 24.3 Å². The van der Waals surface area contributed by atoms with E-state index in [4.69, 9.17) is 0 Å². The molecule has 1 aliphatic heterocycles. The highest BCUT2D eigenvalue weighted by molar-refractivity contribution is 5.96. The normalized spacial score (nSPS) is 14.8. The molecule has 1 aromatic rings. The maximum atomic E-state index is 12.1. The van der Waals surface area contributed by atoms with Crippen molar-refractivity contribution in [3.8, 4) is 0 Å². The van der Waals surface area contributed by atoms with Gasteiger partial charge in [-0.2, -0.15) is 0 Å². The molecule has 3 amide bonds. The summed E-state index contributed by atoms with van der Waals surface area (Å²) in [5.41, 5.74) is 1.22. The highest BCUT2D eigenvalue weighted by Gasteiger charge is 2.16. The third-order valence-electron chi connectivity index (χ3n) is 3.36. The van der Waals surface area contributed by atoms with Gasteiger partial charge in [-0.15, -0.1) is 0 Å². The lowest BCUT2D eigenvalue weighted by Gasteiger charge is -2.26. The molecule has 0 aromatic heterocycles. The van der Waals surface area contributed by atoms with Crippen LogP contribution in [0.3, 0.4) is 0 Å². The topological polar surface area (TPSA) is 61.4 Å². The lowest BCUT2D eigenvalue weighted by atomic mass is 10.1. The molecule has 0 bridgehead atoms. The van der Waals surface area contributed by atoms with Crippen molar-refractivity contribution in [1.82, 2.24) is 10.2 Å². The minimum Gasteiger partial charge on any atom is -0.352 e. The summed E-state index contributed by atoms with van der Waals surface area (Å²) in [4.78, 5) is 25.7. The van der Waals surface area contributed by atoms with Gasteiger partial charge in [0.1, 0.15) is 0 Å². The Morgan fingerprint density at radius 1 is 1.20 bits per heavy atom. The van der Waals surface area contributed by atoms with E-state index in [-0.39, 0.29) is 11.9 Å². The van der Waals surface area contributed by atoms with E-state index in [1.807, 2.05) is 11.8 Å². The van der Waals surface area contributed by atoms with E-state index in [1.165, 1.54) is 6.42 Å². The Bertz CT molecular complexity index is 482. The second kappa shape index (κ2) is 6.93. The number of urea groups is 1. The largest absolute Gasteiger partial charge is 0.352 e. The van der Waals surface area contributed by atoms with Gasteiger partial charge >= 0.3 is 6.03 Å². The van der Waals surface area contributed by atoms with Crippen molar-refractivity contribution in [3.63, 3.8) is 0 Å². The number of carbonyl (C=O) groups is 2. The van der Waals surface area contributed by atoms with Crippen molar-refractivity contribution in [3.05, 3.63) is 29.8 Å². The van der Waals surface area contributed by atoms with Crippen molar-refractivity contribution >= 4 is 17.6 Å². The fraction of sp³-hybridized carbons (Fsp3) is 0.467. The van der Waals surface area contributed by atoms with Gasteiger partial charge in [-0.25, -0.2) is 4.79 Å². The highest BCUT2D eigenvalue weighted by Crippen LogP contribution is 2.14. The summed E-state index contributed by atoms with van der Waals surface area (Å²) in [5, 5.41) is 5.60. The van der Waals surface area contributed by atoms with E-state index in [0.717, 1.165) is 25.9 Å². The number of hydrogen-bond acceptors (Lipinski definition) is 2. The van der Waals surface area contributed by atoms with Gasteiger partial charge in [0, 0.05) is 30.9 Å². The quantitative estimate of drug-likeness (QED) is 0.890. The van der Waals surface area contributed by atoms with Crippen molar-refractivity contribution in [2.75, 3.05) is 25.0 Å². The monoisotopic (exact) mass is 275 g/mol. The number of nitrogens with one attached hydrogen (secondary N) is 2. The zero-order valence-corrected chi connectivity index (χ0v) is 11.8. The van der Waals surface area contributed by atoms with Gasteiger partial charge in [0.2, 0.25) is 0 Å².